The molecule has 5 rings (SSSR count). The molecule has 2 atom stereocenters. The third kappa shape index (κ3) is 1.67. The van der Waals surface area contributed by atoms with Crippen molar-refractivity contribution in [3.8, 4) is 5.75 Å². The number of hydrogen-bond acceptors (Lipinski definition) is 2. The maximum atomic E-state index is 13.4. The van der Waals surface area contributed by atoms with Crippen molar-refractivity contribution < 1.29 is 9.53 Å². The molecule has 2 bridgehead atoms. The first kappa shape index (κ1) is 13.4. The van der Waals surface area contributed by atoms with E-state index in [2.05, 4.69) is 24.3 Å². The lowest BCUT2D eigenvalue weighted by atomic mass is 9.63. The molecule has 3 aliphatic rings. The van der Waals surface area contributed by atoms with Crippen molar-refractivity contribution in [1.29, 1.82) is 0 Å². The average Bonchev–Trinajstić information content (AvgIpc) is 3.18. The summed E-state index contributed by atoms with van der Waals surface area (Å²) >= 11 is 0. The van der Waals surface area contributed by atoms with Crippen molar-refractivity contribution in [2.45, 2.75) is 32.1 Å². The Morgan fingerprint density at radius 3 is 2.91 bits per heavy atom. The molecule has 1 fully saturated rings. The highest BCUT2D eigenvalue weighted by molar-refractivity contribution is 6.07. The Kier molecular flexibility index (Phi) is 2.60. The summed E-state index contributed by atoms with van der Waals surface area (Å²) < 4.78 is 5.50. The summed E-state index contributed by atoms with van der Waals surface area (Å²) in [4.78, 5) is 13.4. The maximum Gasteiger partial charge on any atom is 0.169 e. The van der Waals surface area contributed by atoms with E-state index in [-0.39, 0.29) is 5.41 Å². The molecule has 23 heavy (non-hydrogen) atoms. The molecule has 0 heterocycles. The third-order valence-corrected chi connectivity index (χ3v) is 6.35. The van der Waals surface area contributed by atoms with Crippen LogP contribution < -0.4 is 4.74 Å². The number of ether oxygens (including phenoxy) is 1. The van der Waals surface area contributed by atoms with Crippen molar-refractivity contribution >= 4 is 16.6 Å². The molecule has 1 spiro atoms. The first-order valence-corrected chi connectivity index (χ1v) is 8.54. The predicted octanol–water partition coefficient (Wildman–Crippen LogP) is 4.70. The van der Waals surface area contributed by atoms with Gasteiger partial charge in [-0.3, -0.25) is 4.79 Å². The van der Waals surface area contributed by atoms with Crippen LogP contribution in [-0.2, 0) is 6.42 Å². The van der Waals surface area contributed by atoms with Gasteiger partial charge in [0, 0.05) is 16.4 Å². The van der Waals surface area contributed by atoms with Gasteiger partial charge in [0.1, 0.15) is 5.75 Å². The number of hydrogen-bond donors (Lipinski definition) is 0. The lowest BCUT2D eigenvalue weighted by Crippen LogP contribution is -2.39. The minimum atomic E-state index is -0.104. The fraction of sp³-hybridized carbons (Fsp3) is 0.381. The zero-order valence-electron chi connectivity index (χ0n) is 13.4. The highest BCUT2D eigenvalue weighted by Crippen LogP contribution is 2.58. The molecule has 0 radical (unpaired) electrons. The molecule has 2 heteroatoms. The summed E-state index contributed by atoms with van der Waals surface area (Å²) in [6.45, 7) is 0. The Balaban J connectivity index is 1.69. The molecule has 2 nitrogen and oxygen atoms in total. The van der Waals surface area contributed by atoms with Gasteiger partial charge in [-0.05, 0) is 61.1 Å². The van der Waals surface area contributed by atoms with Gasteiger partial charge in [0.05, 0.1) is 7.11 Å². The number of carbonyl (C=O) groups excluding carboxylic acids is 1. The Hall–Kier alpha value is -2.09. The molecule has 2 unspecified atom stereocenters. The molecule has 2 aromatic rings. The summed E-state index contributed by atoms with van der Waals surface area (Å²) in [5.41, 5.74) is 3.58. The molecule has 0 N–H and O–H groups in total. The smallest absolute Gasteiger partial charge is 0.169 e. The molecule has 0 aromatic heterocycles. The van der Waals surface area contributed by atoms with E-state index in [0.29, 0.717) is 11.7 Å². The number of rotatable bonds is 1. The molecular weight excluding hydrogens is 284 g/mol. The number of fused-ring (bicyclic) bond motifs is 5. The zero-order valence-corrected chi connectivity index (χ0v) is 13.4. The van der Waals surface area contributed by atoms with Crippen molar-refractivity contribution in [2.75, 3.05) is 7.11 Å². The van der Waals surface area contributed by atoms with Crippen molar-refractivity contribution in [3.63, 3.8) is 0 Å². The standard InChI is InChI=1S/C21H20O2/c1-23-19-4-2-3-14-10-15-7-8-21(12-13-5-6-16(21)9-13)20(22)18(15)11-17(14)19/h2-5,10-11,16H,6-9,12H2,1H3. The summed E-state index contributed by atoms with van der Waals surface area (Å²) in [6, 6.07) is 10.4. The Bertz CT molecular complexity index is 877. The quantitative estimate of drug-likeness (QED) is 0.714. The highest BCUT2D eigenvalue weighted by Gasteiger charge is 2.53. The van der Waals surface area contributed by atoms with Crippen LogP contribution in [0.15, 0.2) is 42.0 Å². The summed E-state index contributed by atoms with van der Waals surface area (Å²) in [6.07, 6.45) is 7.67. The summed E-state index contributed by atoms with van der Waals surface area (Å²) in [7, 11) is 1.69. The van der Waals surface area contributed by atoms with Gasteiger partial charge < -0.3 is 4.74 Å². The van der Waals surface area contributed by atoms with Crippen LogP contribution in [-0.4, -0.2) is 12.9 Å². The number of allylic oxidation sites excluding steroid dienone is 2. The zero-order chi connectivity index (χ0) is 15.6. The number of Topliss-reactive ketones (excluding diaryl/α,β-unsaturated/α-hetero) is 1. The van der Waals surface area contributed by atoms with E-state index in [1.165, 1.54) is 16.5 Å². The number of aryl methyl sites for hydroxylation is 1. The van der Waals surface area contributed by atoms with E-state index < -0.39 is 0 Å². The van der Waals surface area contributed by atoms with E-state index in [0.717, 1.165) is 48.8 Å². The lowest BCUT2D eigenvalue weighted by Gasteiger charge is -2.39. The predicted molar refractivity (Wildman–Crippen MR) is 91.0 cm³/mol. The van der Waals surface area contributed by atoms with Gasteiger partial charge in [0.25, 0.3) is 0 Å². The van der Waals surface area contributed by atoms with Crippen LogP contribution in [0, 0.1) is 11.3 Å². The first-order chi connectivity index (χ1) is 11.2. The molecule has 0 amide bonds. The Morgan fingerprint density at radius 1 is 1.26 bits per heavy atom. The first-order valence-electron chi connectivity index (χ1n) is 8.54. The fourth-order valence-corrected chi connectivity index (χ4v) is 5.14. The molecule has 116 valence electrons. The lowest BCUT2D eigenvalue weighted by molar-refractivity contribution is 0.0671. The minimum Gasteiger partial charge on any atom is -0.496 e. The molecule has 3 aliphatic carbocycles. The monoisotopic (exact) mass is 304 g/mol. The van der Waals surface area contributed by atoms with Crippen LogP contribution in [0.5, 0.6) is 5.75 Å². The Morgan fingerprint density at radius 2 is 2.17 bits per heavy atom. The molecule has 0 aliphatic heterocycles. The normalized spacial score (nSPS) is 28.3. The SMILES string of the molecule is COc1cccc2cc3c(cc12)C(=O)C1(CC3)CC2=CCC1C2. The van der Waals surface area contributed by atoms with Gasteiger partial charge in [-0.1, -0.05) is 29.8 Å². The van der Waals surface area contributed by atoms with Gasteiger partial charge >= 0.3 is 0 Å². The van der Waals surface area contributed by atoms with Crippen LogP contribution in [0.2, 0.25) is 0 Å². The van der Waals surface area contributed by atoms with Gasteiger partial charge in [0.2, 0.25) is 0 Å². The third-order valence-electron chi connectivity index (χ3n) is 6.35. The average molecular weight is 304 g/mol. The molecule has 1 saturated carbocycles. The van der Waals surface area contributed by atoms with Crippen LogP contribution in [0.25, 0.3) is 10.8 Å². The van der Waals surface area contributed by atoms with Gasteiger partial charge in [0.15, 0.2) is 5.78 Å². The van der Waals surface area contributed by atoms with E-state index in [4.69, 9.17) is 4.74 Å². The van der Waals surface area contributed by atoms with Crippen molar-refractivity contribution in [3.05, 3.63) is 53.1 Å². The second-order valence-corrected chi connectivity index (χ2v) is 7.35. The number of carbonyl (C=O) groups is 1. The molecule has 2 aromatic carbocycles. The number of ketones is 1. The van der Waals surface area contributed by atoms with Crippen LogP contribution in [0.4, 0.5) is 0 Å². The van der Waals surface area contributed by atoms with E-state index in [1.54, 1.807) is 7.11 Å². The summed E-state index contributed by atoms with van der Waals surface area (Å²) in [5, 5.41) is 2.23. The van der Waals surface area contributed by atoms with Gasteiger partial charge in [-0.2, -0.15) is 0 Å². The van der Waals surface area contributed by atoms with Crippen molar-refractivity contribution in [1.82, 2.24) is 0 Å². The largest absolute Gasteiger partial charge is 0.496 e. The molecule has 0 saturated heterocycles. The highest BCUT2D eigenvalue weighted by atomic mass is 16.5. The fourth-order valence-electron chi connectivity index (χ4n) is 5.14. The Labute approximate surface area is 136 Å². The van der Waals surface area contributed by atoms with Crippen LogP contribution in [0.1, 0.15) is 41.6 Å². The van der Waals surface area contributed by atoms with Crippen molar-refractivity contribution in [2.24, 2.45) is 11.3 Å². The second-order valence-electron chi connectivity index (χ2n) is 7.35. The van der Waals surface area contributed by atoms with E-state index in [1.807, 2.05) is 12.1 Å². The molecular formula is C21H20O2. The summed E-state index contributed by atoms with van der Waals surface area (Å²) in [5.74, 6) is 1.79. The number of methoxy groups -OCH3 is 1. The van der Waals surface area contributed by atoms with Crippen LogP contribution >= 0.6 is 0 Å². The van der Waals surface area contributed by atoms with Gasteiger partial charge in [-0.15, -0.1) is 0 Å². The van der Waals surface area contributed by atoms with E-state index in [9.17, 15) is 4.79 Å². The topological polar surface area (TPSA) is 26.3 Å². The van der Waals surface area contributed by atoms with E-state index >= 15 is 0 Å². The minimum absolute atomic E-state index is 0.104. The second kappa shape index (κ2) is 4.47. The maximum absolute atomic E-state index is 13.4. The van der Waals surface area contributed by atoms with Crippen LogP contribution in [0.3, 0.4) is 0 Å². The number of benzene rings is 2. The van der Waals surface area contributed by atoms with Gasteiger partial charge in [-0.25, -0.2) is 0 Å².